The Morgan fingerprint density at radius 2 is 1.81 bits per heavy atom. The molecular weight excluding hydrogens is 449 g/mol. The van der Waals surface area contributed by atoms with E-state index in [2.05, 4.69) is 27.9 Å². The van der Waals surface area contributed by atoms with E-state index < -0.39 is 11.9 Å². The van der Waals surface area contributed by atoms with Crippen LogP contribution in [0.3, 0.4) is 0 Å². The Kier molecular flexibility index (Phi) is 5.90. The fourth-order valence-electron chi connectivity index (χ4n) is 2.11. The highest BCUT2D eigenvalue weighted by molar-refractivity contribution is 14.1. The molecule has 3 aromatic rings. The molecule has 3 rings (SSSR count). The van der Waals surface area contributed by atoms with E-state index in [1.54, 1.807) is 42.5 Å². The molecule has 2 heterocycles. The highest BCUT2D eigenvalue weighted by Crippen LogP contribution is 2.14. The van der Waals surface area contributed by atoms with Crippen LogP contribution in [0.1, 0.15) is 21.9 Å². The number of esters is 1. The van der Waals surface area contributed by atoms with E-state index in [0.717, 1.165) is 3.57 Å². The van der Waals surface area contributed by atoms with Crippen molar-refractivity contribution in [3.63, 3.8) is 0 Å². The van der Waals surface area contributed by atoms with E-state index in [-0.39, 0.29) is 12.3 Å². The van der Waals surface area contributed by atoms with Crippen LogP contribution in [0, 0.1) is 3.57 Å². The zero-order valence-corrected chi connectivity index (χ0v) is 15.6. The third-order valence-corrected chi connectivity index (χ3v) is 4.28. The van der Waals surface area contributed by atoms with Gasteiger partial charge in [-0.25, -0.2) is 4.79 Å². The molecule has 6 nitrogen and oxygen atoms in total. The van der Waals surface area contributed by atoms with Gasteiger partial charge in [0.05, 0.1) is 18.1 Å². The average Bonchev–Trinajstić information content (AvgIpc) is 3.33. The minimum Gasteiger partial charge on any atom is -0.466 e. The van der Waals surface area contributed by atoms with Crippen molar-refractivity contribution >= 4 is 40.5 Å². The molecule has 1 N–H and O–H groups in total. The van der Waals surface area contributed by atoms with Crippen molar-refractivity contribution in [2.45, 2.75) is 6.61 Å². The molecule has 0 saturated heterocycles. The number of carbonyl (C=O) groups is 2. The van der Waals surface area contributed by atoms with Gasteiger partial charge in [-0.15, -0.1) is 0 Å². The molecule has 26 heavy (non-hydrogen) atoms. The molecule has 7 heteroatoms. The van der Waals surface area contributed by atoms with Crippen LogP contribution in [0.5, 0.6) is 0 Å². The highest BCUT2D eigenvalue weighted by atomic mass is 127. The first-order valence-corrected chi connectivity index (χ1v) is 8.72. The molecule has 0 unspecified atom stereocenters. The summed E-state index contributed by atoms with van der Waals surface area (Å²) in [6.45, 7) is -0.0416. The lowest BCUT2D eigenvalue weighted by atomic mass is 10.2. The summed E-state index contributed by atoms with van der Waals surface area (Å²) in [6, 6.07) is 13.8. The molecule has 0 aliphatic rings. The second kappa shape index (κ2) is 8.52. The largest absolute Gasteiger partial charge is 0.466 e. The molecule has 2 aromatic heterocycles. The van der Waals surface area contributed by atoms with Gasteiger partial charge in [-0.1, -0.05) is 12.1 Å². The van der Waals surface area contributed by atoms with Gasteiger partial charge in [0, 0.05) is 9.65 Å². The maximum atomic E-state index is 12.5. The van der Waals surface area contributed by atoms with Gasteiger partial charge in [0.2, 0.25) is 0 Å². The number of rotatable bonds is 6. The quantitative estimate of drug-likeness (QED) is 0.340. The van der Waals surface area contributed by atoms with E-state index in [4.69, 9.17) is 13.6 Å². The van der Waals surface area contributed by atoms with Crippen molar-refractivity contribution in [2.24, 2.45) is 0 Å². The maximum Gasteiger partial charge on any atom is 0.355 e. The van der Waals surface area contributed by atoms with E-state index in [9.17, 15) is 9.59 Å². The van der Waals surface area contributed by atoms with Crippen LogP contribution in [-0.4, -0.2) is 11.9 Å². The van der Waals surface area contributed by atoms with Crippen molar-refractivity contribution in [3.05, 3.63) is 87.4 Å². The number of amides is 1. The molecule has 0 bridgehead atoms. The second-order valence-electron chi connectivity index (χ2n) is 5.16. The van der Waals surface area contributed by atoms with Crippen molar-refractivity contribution in [1.82, 2.24) is 5.32 Å². The Balaban J connectivity index is 1.78. The van der Waals surface area contributed by atoms with E-state index >= 15 is 0 Å². The zero-order chi connectivity index (χ0) is 18.4. The first-order valence-electron chi connectivity index (χ1n) is 7.64. The number of furan rings is 2. The molecule has 0 radical (unpaired) electrons. The van der Waals surface area contributed by atoms with Crippen molar-refractivity contribution < 1.29 is 23.2 Å². The number of nitrogens with one attached hydrogen (secondary N) is 1. The molecule has 0 aliphatic carbocycles. The normalized spacial score (nSPS) is 11.2. The summed E-state index contributed by atoms with van der Waals surface area (Å²) in [7, 11) is 0. The Morgan fingerprint density at radius 1 is 1.04 bits per heavy atom. The third kappa shape index (κ3) is 4.63. The summed E-state index contributed by atoms with van der Waals surface area (Å²) in [5.74, 6) is -0.197. The van der Waals surface area contributed by atoms with Gasteiger partial charge in [0.25, 0.3) is 5.91 Å². The van der Waals surface area contributed by atoms with Gasteiger partial charge in [0.1, 0.15) is 23.8 Å². The highest BCUT2D eigenvalue weighted by Gasteiger charge is 2.18. The van der Waals surface area contributed by atoms with Crippen LogP contribution in [0.15, 0.2) is 75.6 Å². The summed E-state index contributed by atoms with van der Waals surface area (Å²) in [4.78, 5) is 25.0. The van der Waals surface area contributed by atoms with E-state index in [1.807, 2.05) is 6.07 Å². The van der Waals surface area contributed by atoms with Gasteiger partial charge in [-0.3, -0.25) is 4.79 Å². The summed E-state index contributed by atoms with van der Waals surface area (Å²) < 4.78 is 16.3. The van der Waals surface area contributed by atoms with Crippen LogP contribution >= 0.6 is 22.6 Å². The Labute approximate surface area is 163 Å². The molecule has 0 aliphatic heterocycles. The van der Waals surface area contributed by atoms with Crippen molar-refractivity contribution in [1.29, 1.82) is 0 Å². The molecule has 132 valence electrons. The smallest absolute Gasteiger partial charge is 0.355 e. The third-order valence-electron chi connectivity index (χ3n) is 3.34. The standard InChI is InChI=1S/C19H14INO5/c20-16-8-2-1-7-15(16)18(22)21-17(11-13-5-3-9-24-13)19(23)26-12-14-6-4-10-25-14/h1-11H,12H2,(H,21,22)/b17-11+. The zero-order valence-electron chi connectivity index (χ0n) is 13.5. The predicted octanol–water partition coefficient (Wildman–Crippen LogP) is 3.99. The topological polar surface area (TPSA) is 81.7 Å². The van der Waals surface area contributed by atoms with Gasteiger partial charge in [-0.2, -0.15) is 0 Å². The number of carbonyl (C=O) groups excluding carboxylic acids is 2. The second-order valence-corrected chi connectivity index (χ2v) is 6.33. The fraction of sp³-hybridized carbons (Fsp3) is 0.0526. The molecular formula is C19H14INO5. The Bertz CT molecular complexity index is 913. The summed E-state index contributed by atoms with van der Waals surface area (Å²) >= 11 is 2.06. The van der Waals surface area contributed by atoms with E-state index in [1.165, 1.54) is 18.6 Å². The summed E-state index contributed by atoms with van der Waals surface area (Å²) in [5, 5.41) is 2.59. The number of halogens is 1. The lowest BCUT2D eigenvalue weighted by molar-refractivity contribution is -0.141. The monoisotopic (exact) mass is 463 g/mol. The van der Waals surface area contributed by atoms with Crippen molar-refractivity contribution in [3.8, 4) is 0 Å². The number of hydrogen-bond donors (Lipinski definition) is 1. The first kappa shape index (κ1) is 18.0. The fourth-order valence-corrected chi connectivity index (χ4v) is 2.74. The van der Waals surface area contributed by atoms with Crippen LogP contribution in [0.4, 0.5) is 0 Å². The SMILES string of the molecule is O=C(OCc1ccco1)/C(=C\c1ccco1)NC(=O)c1ccccc1I. The summed E-state index contributed by atoms with van der Waals surface area (Å²) in [6.07, 6.45) is 4.37. The average molecular weight is 463 g/mol. The lowest BCUT2D eigenvalue weighted by Gasteiger charge is -2.10. The molecule has 0 atom stereocenters. The number of ether oxygens (including phenoxy) is 1. The number of hydrogen-bond acceptors (Lipinski definition) is 5. The molecule has 0 fully saturated rings. The Morgan fingerprint density at radius 3 is 2.50 bits per heavy atom. The van der Waals surface area contributed by atoms with Crippen LogP contribution in [0.25, 0.3) is 6.08 Å². The van der Waals surface area contributed by atoms with E-state index in [0.29, 0.717) is 17.1 Å². The van der Waals surface area contributed by atoms with Crippen molar-refractivity contribution in [2.75, 3.05) is 0 Å². The molecule has 1 aromatic carbocycles. The number of benzene rings is 1. The van der Waals surface area contributed by atoms with Gasteiger partial charge in [-0.05, 0) is 59.0 Å². The molecule has 1 amide bonds. The molecule has 0 spiro atoms. The minimum absolute atomic E-state index is 0.0313. The summed E-state index contributed by atoms with van der Waals surface area (Å²) in [5.41, 5.74) is 0.424. The maximum absolute atomic E-state index is 12.5. The van der Waals surface area contributed by atoms with Crippen LogP contribution in [0.2, 0.25) is 0 Å². The minimum atomic E-state index is -0.697. The Hall–Kier alpha value is -2.81. The van der Waals surface area contributed by atoms with Gasteiger partial charge in [0.15, 0.2) is 0 Å². The lowest BCUT2D eigenvalue weighted by Crippen LogP contribution is -2.29. The first-order chi connectivity index (χ1) is 12.6. The van der Waals surface area contributed by atoms with Gasteiger partial charge >= 0.3 is 5.97 Å². The van der Waals surface area contributed by atoms with Crippen LogP contribution in [-0.2, 0) is 16.1 Å². The molecule has 0 saturated carbocycles. The van der Waals surface area contributed by atoms with Crippen LogP contribution < -0.4 is 5.32 Å². The van der Waals surface area contributed by atoms with Gasteiger partial charge < -0.3 is 18.9 Å². The predicted molar refractivity (Wildman–Crippen MR) is 102 cm³/mol.